The van der Waals surface area contributed by atoms with Crippen molar-refractivity contribution >= 4 is 5.78 Å². The minimum absolute atomic E-state index is 0.164. The minimum atomic E-state index is -0.989. The van der Waals surface area contributed by atoms with E-state index in [4.69, 9.17) is 10.2 Å². The maximum Gasteiger partial charge on any atom is 0.191 e. The lowest BCUT2D eigenvalue weighted by molar-refractivity contribution is 0.0421. The average molecular weight is 181 g/mol. The molecule has 2 rings (SSSR count). The van der Waals surface area contributed by atoms with Gasteiger partial charge >= 0.3 is 0 Å². The van der Waals surface area contributed by atoms with Crippen molar-refractivity contribution in [3.05, 3.63) is 24.0 Å². The maximum atomic E-state index is 11.7. The van der Waals surface area contributed by atoms with E-state index in [0.29, 0.717) is 12.2 Å². The van der Waals surface area contributed by atoms with Crippen molar-refractivity contribution in [3.8, 4) is 0 Å². The molecular formula is C9H11NO3. The van der Waals surface area contributed by atoms with Gasteiger partial charge in [0, 0.05) is 12.7 Å². The number of hydrogen-bond donors (Lipinski definition) is 2. The van der Waals surface area contributed by atoms with Crippen LogP contribution in [-0.4, -0.2) is 33.8 Å². The highest BCUT2D eigenvalue weighted by Crippen LogP contribution is 2.31. The van der Waals surface area contributed by atoms with Crippen LogP contribution in [0.25, 0.3) is 0 Å². The highest BCUT2D eigenvalue weighted by molar-refractivity contribution is 6.01. The Balaban J connectivity index is 2.43. The summed E-state index contributed by atoms with van der Waals surface area (Å²) in [4.78, 5) is 11.7. The SMILES string of the molecule is O=C1c2cccn2CC1(CO)CO. The van der Waals surface area contributed by atoms with Crippen LogP contribution in [0, 0.1) is 5.41 Å². The summed E-state index contributed by atoms with van der Waals surface area (Å²) in [7, 11) is 0. The van der Waals surface area contributed by atoms with Crippen LogP contribution >= 0.6 is 0 Å². The lowest BCUT2D eigenvalue weighted by atomic mass is 9.86. The molecule has 0 saturated carbocycles. The number of aliphatic hydroxyl groups is 2. The van der Waals surface area contributed by atoms with E-state index in [1.54, 1.807) is 22.9 Å². The third kappa shape index (κ3) is 0.959. The molecular weight excluding hydrogens is 170 g/mol. The quantitative estimate of drug-likeness (QED) is 0.655. The highest BCUT2D eigenvalue weighted by atomic mass is 16.3. The number of carbonyl (C=O) groups excluding carboxylic acids is 1. The lowest BCUT2D eigenvalue weighted by Crippen LogP contribution is -2.36. The molecule has 0 spiro atoms. The van der Waals surface area contributed by atoms with Gasteiger partial charge in [0.1, 0.15) is 0 Å². The van der Waals surface area contributed by atoms with Gasteiger partial charge in [-0.2, -0.15) is 0 Å². The standard InChI is InChI=1S/C9H11NO3/c11-5-9(6-12)4-10-3-1-2-7(10)8(9)13/h1-3,11-12H,4-6H2. The van der Waals surface area contributed by atoms with Crippen LogP contribution < -0.4 is 0 Å². The summed E-state index contributed by atoms with van der Waals surface area (Å²) in [6.45, 7) is -0.227. The molecule has 1 aliphatic heterocycles. The van der Waals surface area contributed by atoms with Crippen LogP contribution in [0.1, 0.15) is 10.5 Å². The zero-order valence-electron chi connectivity index (χ0n) is 7.10. The van der Waals surface area contributed by atoms with Crippen molar-refractivity contribution in [1.82, 2.24) is 4.57 Å². The van der Waals surface area contributed by atoms with Gasteiger partial charge in [0.2, 0.25) is 0 Å². The van der Waals surface area contributed by atoms with Crippen molar-refractivity contribution in [2.24, 2.45) is 5.41 Å². The van der Waals surface area contributed by atoms with Gasteiger partial charge in [0.05, 0.1) is 24.3 Å². The molecule has 0 fully saturated rings. The molecule has 70 valence electrons. The molecule has 1 aliphatic rings. The fraction of sp³-hybridized carbons (Fsp3) is 0.444. The molecule has 0 radical (unpaired) electrons. The third-order valence-corrected chi connectivity index (χ3v) is 2.62. The van der Waals surface area contributed by atoms with Crippen LogP contribution in [0.3, 0.4) is 0 Å². The van der Waals surface area contributed by atoms with E-state index >= 15 is 0 Å². The number of aliphatic hydroxyl groups excluding tert-OH is 2. The Morgan fingerprint density at radius 3 is 2.69 bits per heavy atom. The summed E-state index contributed by atoms with van der Waals surface area (Å²) in [5.41, 5.74) is -0.417. The van der Waals surface area contributed by atoms with Crippen molar-refractivity contribution < 1.29 is 15.0 Å². The van der Waals surface area contributed by atoms with Gasteiger partial charge in [-0.25, -0.2) is 0 Å². The minimum Gasteiger partial charge on any atom is -0.395 e. The lowest BCUT2D eigenvalue weighted by Gasteiger charge is -2.20. The van der Waals surface area contributed by atoms with Gasteiger partial charge in [0.15, 0.2) is 5.78 Å². The second-order valence-corrected chi connectivity index (χ2v) is 3.45. The predicted molar refractivity (Wildman–Crippen MR) is 45.4 cm³/mol. The zero-order valence-corrected chi connectivity index (χ0v) is 7.10. The molecule has 4 heteroatoms. The number of ketones is 1. The molecule has 2 heterocycles. The molecule has 0 amide bonds. The topological polar surface area (TPSA) is 62.5 Å². The second-order valence-electron chi connectivity index (χ2n) is 3.45. The van der Waals surface area contributed by atoms with Crippen LogP contribution in [0.5, 0.6) is 0 Å². The third-order valence-electron chi connectivity index (χ3n) is 2.62. The van der Waals surface area contributed by atoms with E-state index in [2.05, 4.69) is 0 Å². The van der Waals surface area contributed by atoms with Crippen LogP contribution in [-0.2, 0) is 6.54 Å². The van der Waals surface area contributed by atoms with E-state index in [9.17, 15) is 4.79 Å². The van der Waals surface area contributed by atoms with E-state index in [1.807, 2.05) is 0 Å². The fourth-order valence-corrected chi connectivity index (χ4v) is 1.72. The van der Waals surface area contributed by atoms with Gasteiger partial charge in [-0.1, -0.05) is 0 Å². The van der Waals surface area contributed by atoms with Gasteiger partial charge in [-0.3, -0.25) is 4.79 Å². The van der Waals surface area contributed by atoms with E-state index in [1.165, 1.54) is 0 Å². The second kappa shape index (κ2) is 2.68. The monoisotopic (exact) mass is 181 g/mol. The highest BCUT2D eigenvalue weighted by Gasteiger charge is 2.44. The predicted octanol–water partition coefficient (Wildman–Crippen LogP) is -0.345. The zero-order chi connectivity index (χ0) is 9.47. The molecule has 1 aromatic rings. The summed E-state index contributed by atoms with van der Waals surface area (Å²) >= 11 is 0. The first-order valence-corrected chi connectivity index (χ1v) is 4.15. The molecule has 4 nitrogen and oxygen atoms in total. The van der Waals surface area contributed by atoms with E-state index < -0.39 is 5.41 Å². The first kappa shape index (κ1) is 8.47. The van der Waals surface area contributed by atoms with Gasteiger partial charge in [0.25, 0.3) is 0 Å². The van der Waals surface area contributed by atoms with Gasteiger partial charge < -0.3 is 14.8 Å². The molecule has 0 saturated heterocycles. The summed E-state index contributed by atoms with van der Waals surface area (Å²) in [6, 6.07) is 3.49. The van der Waals surface area contributed by atoms with Crippen LogP contribution in [0.4, 0.5) is 0 Å². The normalized spacial score (nSPS) is 19.1. The van der Waals surface area contributed by atoms with Gasteiger partial charge in [-0.15, -0.1) is 0 Å². The molecule has 2 N–H and O–H groups in total. The Kier molecular flexibility index (Phi) is 1.75. The summed E-state index contributed by atoms with van der Waals surface area (Å²) < 4.78 is 1.76. The smallest absolute Gasteiger partial charge is 0.191 e. The Labute approximate surface area is 75.4 Å². The van der Waals surface area contributed by atoms with Crippen molar-refractivity contribution in [1.29, 1.82) is 0 Å². The number of hydrogen-bond acceptors (Lipinski definition) is 3. The Morgan fingerprint density at radius 1 is 1.46 bits per heavy atom. The first-order valence-electron chi connectivity index (χ1n) is 4.15. The summed E-state index contributed by atoms with van der Waals surface area (Å²) in [5, 5.41) is 18.2. The van der Waals surface area contributed by atoms with Crippen molar-refractivity contribution in [2.45, 2.75) is 6.54 Å². The molecule has 0 bridgehead atoms. The van der Waals surface area contributed by atoms with Crippen LogP contribution in [0.15, 0.2) is 18.3 Å². The summed E-state index contributed by atoms with van der Waals surface area (Å²) in [6.07, 6.45) is 1.78. The number of nitrogens with zero attached hydrogens (tertiary/aromatic N) is 1. The molecule has 0 aromatic carbocycles. The molecule has 0 atom stereocenters. The Hall–Kier alpha value is -1.13. The number of aromatic nitrogens is 1. The average Bonchev–Trinajstić information content (AvgIpc) is 2.68. The fourth-order valence-electron chi connectivity index (χ4n) is 1.72. The first-order chi connectivity index (χ1) is 6.23. The maximum absolute atomic E-state index is 11.7. The molecule has 0 unspecified atom stereocenters. The van der Waals surface area contributed by atoms with Gasteiger partial charge in [-0.05, 0) is 12.1 Å². The number of carbonyl (C=O) groups is 1. The molecule has 0 aliphatic carbocycles. The number of fused-ring (bicyclic) bond motifs is 1. The molecule has 1 aromatic heterocycles. The summed E-state index contributed by atoms with van der Waals surface area (Å²) in [5.74, 6) is -0.164. The molecule has 13 heavy (non-hydrogen) atoms. The van der Waals surface area contributed by atoms with E-state index in [-0.39, 0.29) is 19.0 Å². The van der Waals surface area contributed by atoms with E-state index in [0.717, 1.165) is 0 Å². The largest absolute Gasteiger partial charge is 0.395 e. The van der Waals surface area contributed by atoms with Crippen molar-refractivity contribution in [3.63, 3.8) is 0 Å². The Bertz CT molecular complexity index is 338. The Morgan fingerprint density at radius 2 is 2.15 bits per heavy atom. The number of Topliss-reactive ketones (excluding diaryl/α,β-unsaturated/α-hetero) is 1. The van der Waals surface area contributed by atoms with Crippen LogP contribution in [0.2, 0.25) is 0 Å². The van der Waals surface area contributed by atoms with Crippen molar-refractivity contribution in [2.75, 3.05) is 13.2 Å². The number of rotatable bonds is 2.